The molecule has 0 fully saturated rings. The first kappa shape index (κ1) is 21.3. The van der Waals surface area contributed by atoms with Crippen LogP contribution in [0.15, 0.2) is 39.9 Å². The fourth-order valence-electron chi connectivity index (χ4n) is 3.95. The molecule has 3 heterocycles. The van der Waals surface area contributed by atoms with Crippen molar-refractivity contribution < 1.29 is 22.9 Å². The van der Waals surface area contributed by atoms with Crippen LogP contribution < -0.4 is 19.9 Å². The Labute approximate surface area is 189 Å². The number of benzene rings is 1. The number of anilines is 1. The summed E-state index contributed by atoms with van der Waals surface area (Å²) in [6, 6.07) is 4.13. The van der Waals surface area contributed by atoms with Gasteiger partial charge < -0.3 is 14.8 Å². The minimum absolute atomic E-state index is 0.0588. The summed E-state index contributed by atoms with van der Waals surface area (Å²) in [5, 5.41) is 12.7. The molecule has 33 heavy (non-hydrogen) atoms. The minimum atomic E-state index is -3.63. The van der Waals surface area contributed by atoms with E-state index in [1.807, 2.05) is 6.07 Å². The van der Waals surface area contributed by atoms with Gasteiger partial charge in [0.25, 0.3) is 0 Å². The van der Waals surface area contributed by atoms with E-state index in [1.165, 1.54) is 24.1 Å². The molecular formula is C21H21FN6O4S. The van der Waals surface area contributed by atoms with Crippen LogP contribution in [-0.4, -0.2) is 38.7 Å². The number of halogens is 1. The van der Waals surface area contributed by atoms with Gasteiger partial charge in [0.05, 0.1) is 31.8 Å². The second-order valence-corrected chi connectivity index (χ2v) is 9.42. The molecule has 0 spiro atoms. The molecule has 1 aliphatic carbocycles. The number of ether oxygens (including phenoxy) is 2. The number of nitrogens with two attached hydrogens (primary N) is 1. The third-order valence-electron chi connectivity index (χ3n) is 5.66. The van der Waals surface area contributed by atoms with Crippen molar-refractivity contribution in [2.24, 2.45) is 9.50 Å². The number of carbonyl (C=O) groups is 1. The molecule has 0 saturated carbocycles. The lowest BCUT2D eigenvalue weighted by Gasteiger charge is -2.25. The summed E-state index contributed by atoms with van der Waals surface area (Å²) in [6.07, 6.45) is 4.66. The molecule has 0 radical (unpaired) electrons. The van der Waals surface area contributed by atoms with Crippen molar-refractivity contribution in [1.82, 2.24) is 14.8 Å². The minimum Gasteiger partial charge on any atom is -0.481 e. The van der Waals surface area contributed by atoms with Gasteiger partial charge in [-0.15, -0.1) is 4.36 Å². The normalized spacial score (nSPS) is 15.8. The highest BCUT2D eigenvalue weighted by atomic mass is 32.2. The number of carbonyl (C=O) groups excluding carboxylic acids is 1. The summed E-state index contributed by atoms with van der Waals surface area (Å²) in [7, 11) is -2.20. The van der Waals surface area contributed by atoms with Crippen molar-refractivity contribution in [2.75, 3.05) is 19.0 Å². The first-order chi connectivity index (χ1) is 15.9. The summed E-state index contributed by atoms with van der Waals surface area (Å²) >= 11 is 0. The van der Waals surface area contributed by atoms with Gasteiger partial charge in [-0.3, -0.25) is 0 Å². The Balaban J connectivity index is 1.53. The molecule has 2 aromatic heterocycles. The molecule has 5 rings (SSSR count). The predicted molar refractivity (Wildman–Crippen MR) is 118 cm³/mol. The maximum atomic E-state index is 14.6. The van der Waals surface area contributed by atoms with E-state index in [0.717, 1.165) is 30.2 Å². The number of pyridine rings is 1. The van der Waals surface area contributed by atoms with E-state index in [0.29, 0.717) is 30.8 Å². The molecule has 3 N–H and O–H groups in total. The number of fused-ring (bicyclic) bond motifs is 2. The summed E-state index contributed by atoms with van der Waals surface area (Å²) in [5.41, 5.74) is 2.93. The number of amides is 2. The van der Waals surface area contributed by atoms with Gasteiger partial charge in [0.1, 0.15) is 10.7 Å². The van der Waals surface area contributed by atoms with Gasteiger partial charge in [0.15, 0.2) is 9.92 Å². The van der Waals surface area contributed by atoms with Gasteiger partial charge in [-0.1, -0.05) is 12.1 Å². The van der Waals surface area contributed by atoms with Crippen molar-refractivity contribution in [3.63, 3.8) is 0 Å². The summed E-state index contributed by atoms with van der Waals surface area (Å²) in [5.74, 6) is -0.0958. The number of nitrogens with one attached hydrogen (secondary N) is 1. The van der Waals surface area contributed by atoms with Crippen molar-refractivity contribution in [3.05, 3.63) is 47.5 Å². The van der Waals surface area contributed by atoms with Crippen molar-refractivity contribution in [3.8, 4) is 22.9 Å². The number of methoxy groups -OCH3 is 1. The quantitative estimate of drug-likeness (QED) is 0.600. The Bertz CT molecular complexity index is 1400. The molecule has 12 heteroatoms. The molecule has 0 bridgehead atoms. The first-order valence-electron chi connectivity index (χ1n) is 10.3. The molecule has 10 nitrogen and oxygen atoms in total. The number of aryl methyl sites for hydroxylation is 2. The number of rotatable bonds is 4. The molecule has 1 atom stereocenters. The Hall–Kier alpha value is -3.51. The average molecular weight is 473 g/mol. The van der Waals surface area contributed by atoms with E-state index in [2.05, 4.69) is 19.8 Å². The van der Waals surface area contributed by atoms with Crippen molar-refractivity contribution >= 4 is 21.6 Å². The van der Waals surface area contributed by atoms with E-state index < -0.39 is 21.8 Å². The highest BCUT2D eigenvalue weighted by molar-refractivity contribution is 7.91. The lowest BCUT2D eigenvalue weighted by atomic mass is 9.84. The first-order valence-corrected chi connectivity index (χ1v) is 11.8. The molecule has 3 aromatic rings. The van der Waals surface area contributed by atoms with Gasteiger partial charge in [-0.25, -0.2) is 28.2 Å². The molecule has 1 aliphatic heterocycles. The van der Waals surface area contributed by atoms with Crippen LogP contribution in [0.1, 0.15) is 17.5 Å². The summed E-state index contributed by atoms with van der Waals surface area (Å²) in [4.78, 5) is 16.8. The molecule has 2 aliphatic rings. The van der Waals surface area contributed by atoms with E-state index >= 15 is 0 Å². The lowest BCUT2D eigenvalue weighted by Crippen LogP contribution is -2.22. The van der Waals surface area contributed by atoms with Gasteiger partial charge >= 0.3 is 6.03 Å². The Kier molecular flexibility index (Phi) is 5.25. The third kappa shape index (κ3) is 3.80. The topological polar surface area (TPSA) is 134 Å². The monoisotopic (exact) mass is 472 g/mol. The highest BCUT2D eigenvalue weighted by Crippen LogP contribution is 2.40. The van der Waals surface area contributed by atoms with Crippen LogP contribution >= 0.6 is 0 Å². The largest absolute Gasteiger partial charge is 0.481 e. The molecule has 0 saturated heterocycles. The van der Waals surface area contributed by atoms with Gasteiger partial charge in [-0.05, 0) is 24.0 Å². The lowest BCUT2D eigenvalue weighted by molar-refractivity contribution is 0.224. The van der Waals surface area contributed by atoms with Crippen LogP contribution in [0, 0.1) is 5.82 Å². The maximum Gasteiger partial charge on any atom is 0.354 e. The average Bonchev–Trinajstić information content (AvgIpc) is 3.20. The van der Waals surface area contributed by atoms with E-state index in [9.17, 15) is 13.4 Å². The SMILES string of the molecule is COc1cc(-c2ccc3c(c2NC(=O)N=[S@@](N)(=O)c2cnn4c2OCCC4)CC3)c(F)cn1. The van der Waals surface area contributed by atoms with Crippen LogP contribution in [0.3, 0.4) is 0 Å². The Morgan fingerprint density at radius 2 is 2.18 bits per heavy atom. The van der Waals surface area contributed by atoms with Crippen molar-refractivity contribution in [1.29, 1.82) is 0 Å². The second kappa shape index (κ2) is 8.12. The number of hydrogen-bond acceptors (Lipinski definition) is 6. The number of hydrogen-bond donors (Lipinski definition) is 2. The Morgan fingerprint density at radius 1 is 1.33 bits per heavy atom. The van der Waals surface area contributed by atoms with Crippen LogP contribution in [0.25, 0.3) is 11.1 Å². The second-order valence-electron chi connectivity index (χ2n) is 7.66. The van der Waals surface area contributed by atoms with Crippen molar-refractivity contribution in [2.45, 2.75) is 30.7 Å². The summed E-state index contributed by atoms with van der Waals surface area (Å²) in [6.45, 7) is 1.03. The molecule has 0 unspecified atom stereocenters. The fourth-order valence-corrected chi connectivity index (χ4v) is 4.95. The van der Waals surface area contributed by atoms with E-state index in [-0.39, 0.29) is 22.2 Å². The molecular weight excluding hydrogens is 451 g/mol. The van der Waals surface area contributed by atoms with E-state index in [1.54, 1.807) is 6.07 Å². The highest BCUT2D eigenvalue weighted by Gasteiger charge is 2.26. The third-order valence-corrected chi connectivity index (χ3v) is 7.01. The van der Waals surface area contributed by atoms with Crippen LogP contribution in [-0.2, 0) is 29.3 Å². The zero-order valence-corrected chi connectivity index (χ0v) is 18.5. The van der Waals surface area contributed by atoms with Crippen LogP contribution in [0.2, 0.25) is 0 Å². The predicted octanol–water partition coefficient (Wildman–Crippen LogP) is 2.91. The molecule has 1 aromatic carbocycles. The van der Waals surface area contributed by atoms with E-state index in [4.69, 9.17) is 14.6 Å². The van der Waals surface area contributed by atoms with Crippen LogP contribution in [0.4, 0.5) is 14.9 Å². The van der Waals surface area contributed by atoms with Gasteiger partial charge in [0.2, 0.25) is 11.8 Å². The number of urea groups is 1. The fraction of sp³-hybridized carbons (Fsp3) is 0.286. The van der Waals surface area contributed by atoms with Gasteiger partial charge in [0, 0.05) is 30.2 Å². The standard InChI is InChI=1S/C21H21FN6O4S/c1-31-18-9-15(16(22)10-24-18)14-6-4-12-3-5-13(12)19(14)26-21(29)27-33(23,30)17-11-25-28-7-2-8-32-20(17)28/h4,6,9-11H,2-3,5,7-8H2,1H3,(H3,23,26,27,29,30)/t33-/m1/s1. The number of nitrogens with zero attached hydrogens (tertiary/aromatic N) is 4. The van der Waals surface area contributed by atoms with Gasteiger partial charge in [-0.2, -0.15) is 5.10 Å². The number of aromatic nitrogens is 3. The molecule has 2 amide bonds. The molecule has 172 valence electrons. The Morgan fingerprint density at radius 3 is 2.94 bits per heavy atom. The van der Waals surface area contributed by atoms with Crippen LogP contribution in [0.5, 0.6) is 11.8 Å². The zero-order valence-electron chi connectivity index (χ0n) is 17.7. The summed E-state index contributed by atoms with van der Waals surface area (Å²) < 4.78 is 43.7. The zero-order chi connectivity index (χ0) is 23.2. The maximum absolute atomic E-state index is 14.6. The smallest absolute Gasteiger partial charge is 0.354 e.